The minimum atomic E-state index is -3.66. The third-order valence-electron chi connectivity index (χ3n) is 4.19. The molecule has 1 amide bonds. The van der Waals surface area contributed by atoms with Crippen molar-refractivity contribution in [2.75, 3.05) is 47.1 Å². The number of amides is 1. The average Bonchev–Trinajstić information content (AvgIpc) is 2.65. The molecule has 1 N–H and O–H groups in total. The van der Waals surface area contributed by atoms with Crippen molar-refractivity contribution in [3.63, 3.8) is 0 Å². The van der Waals surface area contributed by atoms with E-state index in [0.29, 0.717) is 31.9 Å². The van der Waals surface area contributed by atoms with E-state index in [1.807, 2.05) is 0 Å². The summed E-state index contributed by atoms with van der Waals surface area (Å²) in [4.78, 5) is 14.0. The number of likely N-dealkylation sites (N-methyl/N-ethyl adjacent to an activating group) is 1. The molecule has 0 radical (unpaired) electrons. The highest BCUT2D eigenvalue weighted by atomic mass is 32.2. The highest BCUT2D eigenvalue weighted by Crippen LogP contribution is 2.16. The first kappa shape index (κ1) is 19.8. The first-order chi connectivity index (χ1) is 11.9. The van der Waals surface area contributed by atoms with E-state index in [2.05, 4.69) is 4.72 Å². The predicted molar refractivity (Wildman–Crippen MR) is 94.0 cm³/mol. The molecule has 0 spiro atoms. The van der Waals surface area contributed by atoms with Gasteiger partial charge in [-0.2, -0.15) is 0 Å². The van der Waals surface area contributed by atoms with Gasteiger partial charge >= 0.3 is 0 Å². The van der Waals surface area contributed by atoms with Crippen LogP contribution in [0.1, 0.15) is 23.2 Å². The number of ether oxygens (including phenoxy) is 2. The maximum atomic E-state index is 12.5. The molecule has 1 atom stereocenters. The molecule has 1 fully saturated rings. The number of carbonyl (C=O) groups is 1. The normalized spacial score (nSPS) is 18.1. The first-order valence-corrected chi connectivity index (χ1v) is 9.84. The largest absolute Gasteiger partial charge is 0.383 e. The van der Waals surface area contributed by atoms with Crippen LogP contribution in [-0.4, -0.2) is 66.3 Å². The van der Waals surface area contributed by atoms with E-state index in [0.717, 1.165) is 19.4 Å². The maximum absolute atomic E-state index is 12.5. The molecule has 7 nitrogen and oxygen atoms in total. The van der Waals surface area contributed by atoms with E-state index in [4.69, 9.17) is 9.47 Å². The van der Waals surface area contributed by atoms with Gasteiger partial charge in [-0.05, 0) is 37.0 Å². The molecule has 0 aliphatic carbocycles. The smallest absolute Gasteiger partial charge is 0.253 e. The van der Waals surface area contributed by atoms with Gasteiger partial charge < -0.3 is 14.4 Å². The lowest BCUT2D eigenvalue weighted by Crippen LogP contribution is -2.33. The van der Waals surface area contributed by atoms with Gasteiger partial charge in [0.25, 0.3) is 5.91 Å². The zero-order valence-electron chi connectivity index (χ0n) is 14.7. The van der Waals surface area contributed by atoms with Crippen LogP contribution in [0.4, 0.5) is 0 Å². The lowest BCUT2D eigenvalue weighted by Gasteiger charge is -2.22. The van der Waals surface area contributed by atoms with Crippen LogP contribution in [0.15, 0.2) is 29.2 Å². The lowest BCUT2D eigenvalue weighted by molar-refractivity contribution is 0.0568. The number of nitrogens with zero attached hydrogens (tertiary/aromatic N) is 1. The summed E-state index contributed by atoms with van der Waals surface area (Å²) in [6.07, 6.45) is 1.90. The Hall–Kier alpha value is -1.48. The lowest BCUT2D eigenvalue weighted by atomic mass is 10.0. The summed E-state index contributed by atoms with van der Waals surface area (Å²) in [5, 5.41) is 0. The summed E-state index contributed by atoms with van der Waals surface area (Å²) in [5.41, 5.74) is 0.336. The van der Waals surface area contributed by atoms with E-state index < -0.39 is 10.0 Å². The number of nitrogens with one attached hydrogen (secondary N) is 1. The van der Waals surface area contributed by atoms with Crippen LogP contribution < -0.4 is 4.72 Å². The Morgan fingerprint density at radius 3 is 2.92 bits per heavy atom. The minimum Gasteiger partial charge on any atom is -0.383 e. The Kier molecular flexibility index (Phi) is 7.37. The van der Waals surface area contributed by atoms with Gasteiger partial charge in [-0.1, -0.05) is 6.07 Å². The summed E-state index contributed by atoms with van der Waals surface area (Å²) in [5.74, 6) is -0.0525. The molecular formula is C17H26N2O5S. The summed E-state index contributed by atoms with van der Waals surface area (Å²) in [6.45, 7) is 2.51. The molecule has 0 aromatic heterocycles. The van der Waals surface area contributed by atoms with Gasteiger partial charge in [-0.25, -0.2) is 13.1 Å². The molecule has 1 aliphatic heterocycles. The number of hydrogen-bond acceptors (Lipinski definition) is 5. The van der Waals surface area contributed by atoms with Crippen LogP contribution in [-0.2, 0) is 19.5 Å². The Morgan fingerprint density at radius 2 is 2.24 bits per heavy atom. The fraction of sp³-hybridized carbons (Fsp3) is 0.588. The average molecular weight is 370 g/mol. The second-order valence-corrected chi connectivity index (χ2v) is 7.95. The van der Waals surface area contributed by atoms with Gasteiger partial charge in [0.15, 0.2) is 0 Å². The number of sulfonamides is 1. The zero-order valence-corrected chi connectivity index (χ0v) is 15.5. The van der Waals surface area contributed by atoms with Gasteiger partial charge in [-0.15, -0.1) is 0 Å². The molecule has 2 rings (SSSR count). The highest BCUT2D eigenvalue weighted by molar-refractivity contribution is 7.89. The molecule has 1 heterocycles. The fourth-order valence-electron chi connectivity index (χ4n) is 2.63. The summed E-state index contributed by atoms with van der Waals surface area (Å²) in [6, 6.07) is 6.09. The van der Waals surface area contributed by atoms with Gasteiger partial charge in [-0.3, -0.25) is 4.79 Å². The van der Waals surface area contributed by atoms with Gasteiger partial charge in [0, 0.05) is 39.4 Å². The predicted octanol–water partition coefficient (Wildman–Crippen LogP) is 1.11. The molecule has 1 aromatic carbocycles. The second-order valence-electron chi connectivity index (χ2n) is 6.18. The first-order valence-electron chi connectivity index (χ1n) is 8.36. The molecule has 1 saturated heterocycles. The molecule has 1 aromatic rings. The molecule has 140 valence electrons. The summed E-state index contributed by atoms with van der Waals surface area (Å²) >= 11 is 0. The number of benzene rings is 1. The third kappa shape index (κ3) is 5.78. The van der Waals surface area contributed by atoms with Crippen LogP contribution in [0.3, 0.4) is 0 Å². The van der Waals surface area contributed by atoms with Crippen molar-refractivity contribution < 1.29 is 22.7 Å². The van der Waals surface area contributed by atoms with E-state index in [1.54, 1.807) is 26.3 Å². The Bertz CT molecular complexity index is 671. The number of hydrogen-bond donors (Lipinski definition) is 1. The van der Waals surface area contributed by atoms with Crippen LogP contribution in [0, 0.1) is 5.92 Å². The number of methoxy groups -OCH3 is 1. The SMILES string of the molecule is COCCN(C)C(=O)c1cccc(S(=O)(=O)NC[C@@H]2CCCOC2)c1. The molecule has 25 heavy (non-hydrogen) atoms. The molecule has 8 heteroatoms. The second kappa shape index (κ2) is 9.28. The van der Waals surface area contributed by atoms with E-state index in [1.165, 1.54) is 17.0 Å². The van der Waals surface area contributed by atoms with Crippen molar-refractivity contribution in [1.82, 2.24) is 9.62 Å². The van der Waals surface area contributed by atoms with E-state index in [-0.39, 0.29) is 16.7 Å². The fourth-order valence-corrected chi connectivity index (χ4v) is 3.79. The number of carbonyl (C=O) groups excluding carboxylic acids is 1. The van der Waals surface area contributed by atoms with Crippen molar-refractivity contribution in [3.8, 4) is 0 Å². The quantitative estimate of drug-likeness (QED) is 0.741. The molecular weight excluding hydrogens is 344 g/mol. The Balaban J connectivity index is 2.04. The van der Waals surface area contributed by atoms with Crippen LogP contribution in [0.2, 0.25) is 0 Å². The molecule has 1 aliphatic rings. The Labute approximate surface area is 149 Å². The standard InChI is InChI=1S/C17H26N2O5S/c1-19(8-10-23-2)17(20)15-6-3-7-16(11-15)25(21,22)18-12-14-5-4-9-24-13-14/h3,6-7,11,14,18H,4-5,8-10,12-13H2,1-2H3/t14-/m0/s1. The third-order valence-corrected chi connectivity index (χ3v) is 5.61. The summed E-state index contributed by atoms with van der Waals surface area (Å²) in [7, 11) is -0.439. The zero-order chi connectivity index (χ0) is 18.3. The van der Waals surface area contributed by atoms with Gasteiger partial charge in [0.05, 0.1) is 18.1 Å². The topological polar surface area (TPSA) is 84.9 Å². The monoisotopic (exact) mass is 370 g/mol. The summed E-state index contributed by atoms with van der Waals surface area (Å²) < 4.78 is 37.9. The van der Waals surface area contributed by atoms with Gasteiger partial charge in [0.1, 0.15) is 0 Å². The van der Waals surface area contributed by atoms with Crippen LogP contribution in [0.25, 0.3) is 0 Å². The number of rotatable bonds is 8. The van der Waals surface area contributed by atoms with Crippen molar-refractivity contribution in [1.29, 1.82) is 0 Å². The van der Waals surface area contributed by atoms with E-state index >= 15 is 0 Å². The van der Waals surface area contributed by atoms with Crippen LogP contribution >= 0.6 is 0 Å². The van der Waals surface area contributed by atoms with Crippen molar-refractivity contribution in [2.45, 2.75) is 17.7 Å². The Morgan fingerprint density at radius 1 is 1.44 bits per heavy atom. The van der Waals surface area contributed by atoms with Gasteiger partial charge in [0.2, 0.25) is 10.0 Å². The van der Waals surface area contributed by atoms with Crippen molar-refractivity contribution in [2.24, 2.45) is 5.92 Å². The molecule has 0 unspecified atom stereocenters. The van der Waals surface area contributed by atoms with E-state index in [9.17, 15) is 13.2 Å². The highest BCUT2D eigenvalue weighted by Gasteiger charge is 2.21. The maximum Gasteiger partial charge on any atom is 0.253 e. The minimum absolute atomic E-state index is 0.0928. The van der Waals surface area contributed by atoms with Crippen LogP contribution in [0.5, 0.6) is 0 Å². The molecule has 0 saturated carbocycles. The molecule has 0 bridgehead atoms. The van der Waals surface area contributed by atoms with Crippen molar-refractivity contribution >= 4 is 15.9 Å². The van der Waals surface area contributed by atoms with Crippen molar-refractivity contribution in [3.05, 3.63) is 29.8 Å².